The molecule has 0 amide bonds. The molecule has 1 aromatic carbocycles. The second-order valence-corrected chi connectivity index (χ2v) is 6.46. The number of ketones is 1. The maximum Gasteiger partial charge on any atom is 0.160 e. The van der Waals surface area contributed by atoms with Gasteiger partial charge in [-0.25, -0.2) is 0 Å². The summed E-state index contributed by atoms with van der Waals surface area (Å²) in [5.41, 5.74) is 6.46. The first-order valence-corrected chi connectivity index (χ1v) is 8.16. The standard InChI is InChI=1S/C17H21NO2S/c1-10-6-11(2)17(14(5)19)13(4)16(10)9-21-8-15-7-12(3)18-20-15/h6-7H,8-9H2,1-5H3. The van der Waals surface area contributed by atoms with Crippen LogP contribution in [0.1, 0.15) is 51.0 Å². The third kappa shape index (κ3) is 3.56. The average molecular weight is 303 g/mol. The van der Waals surface area contributed by atoms with Crippen LogP contribution in [0.15, 0.2) is 16.7 Å². The maximum absolute atomic E-state index is 11.8. The number of benzene rings is 1. The van der Waals surface area contributed by atoms with Gasteiger partial charge < -0.3 is 4.52 Å². The van der Waals surface area contributed by atoms with Crippen molar-refractivity contribution in [3.05, 3.63) is 51.4 Å². The fourth-order valence-electron chi connectivity index (χ4n) is 2.73. The van der Waals surface area contributed by atoms with Gasteiger partial charge in [0.15, 0.2) is 5.78 Å². The molecule has 1 heterocycles. The van der Waals surface area contributed by atoms with E-state index < -0.39 is 0 Å². The van der Waals surface area contributed by atoms with E-state index in [4.69, 9.17) is 4.52 Å². The van der Waals surface area contributed by atoms with Gasteiger partial charge in [-0.05, 0) is 56.9 Å². The zero-order chi connectivity index (χ0) is 15.6. The largest absolute Gasteiger partial charge is 0.360 e. The van der Waals surface area contributed by atoms with E-state index in [1.165, 1.54) is 11.1 Å². The van der Waals surface area contributed by atoms with Gasteiger partial charge in [0.25, 0.3) is 0 Å². The second kappa shape index (κ2) is 6.48. The van der Waals surface area contributed by atoms with E-state index in [0.29, 0.717) is 0 Å². The molecule has 0 atom stereocenters. The van der Waals surface area contributed by atoms with Gasteiger partial charge in [-0.3, -0.25) is 4.79 Å². The minimum Gasteiger partial charge on any atom is -0.360 e. The van der Waals surface area contributed by atoms with Crippen LogP contribution < -0.4 is 0 Å². The normalized spacial score (nSPS) is 10.9. The lowest BCUT2D eigenvalue weighted by Crippen LogP contribution is -2.05. The van der Waals surface area contributed by atoms with Crippen LogP contribution in [-0.4, -0.2) is 10.9 Å². The molecule has 0 spiro atoms. The summed E-state index contributed by atoms with van der Waals surface area (Å²) in [6.45, 7) is 9.72. The fraction of sp³-hybridized carbons (Fsp3) is 0.412. The summed E-state index contributed by atoms with van der Waals surface area (Å²) in [6, 6.07) is 4.07. The topological polar surface area (TPSA) is 43.1 Å². The molecule has 0 saturated carbocycles. The quantitative estimate of drug-likeness (QED) is 0.760. The molecule has 4 heteroatoms. The molecule has 0 fully saturated rings. The van der Waals surface area contributed by atoms with Crippen LogP contribution in [0.2, 0.25) is 0 Å². The lowest BCUT2D eigenvalue weighted by molar-refractivity contribution is 0.101. The van der Waals surface area contributed by atoms with E-state index in [9.17, 15) is 4.79 Å². The highest BCUT2D eigenvalue weighted by atomic mass is 32.2. The van der Waals surface area contributed by atoms with Gasteiger partial charge in [0.2, 0.25) is 0 Å². The van der Waals surface area contributed by atoms with Crippen molar-refractivity contribution in [2.75, 3.05) is 0 Å². The maximum atomic E-state index is 11.8. The van der Waals surface area contributed by atoms with Crippen LogP contribution in [0.25, 0.3) is 0 Å². The van der Waals surface area contributed by atoms with E-state index in [-0.39, 0.29) is 5.78 Å². The van der Waals surface area contributed by atoms with Crippen molar-refractivity contribution in [2.24, 2.45) is 0 Å². The van der Waals surface area contributed by atoms with Gasteiger partial charge >= 0.3 is 0 Å². The first-order chi connectivity index (χ1) is 9.90. The molecule has 3 nitrogen and oxygen atoms in total. The number of rotatable bonds is 5. The number of hydrogen-bond acceptors (Lipinski definition) is 4. The summed E-state index contributed by atoms with van der Waals surface area (Å²) in [5.74, 6) is 2.70. The highest BCUT2D eigenvalue weighted by Crippen LogP contribution is 2.27. The minimum absolute atomic E-state index is 0.141. The SMILES string of the molecule is CC(=O)c1c(C)cc(C)c(CSCc2cc(C)no2)c1C. The van der Waals surface area contributed by atoms with Gasteiger partial charge in [-0.2, -0.15) is 0 Å². The predicted molar refractivity (Wildman–Crippen MR) is 86.9 cm³/mol. The molecular weight excluding hydrogens is 282 g/mol. The van der Waals surface area contributed by atoms with Crippen LogP contribution >= 0.6 is 11.8 Å². The van der Waals surface area contributed by atoms with E-state index in [0.717, 1.165) is 39.7 Å². The molecule has 0 bridgehead atoms. The molecule has 0 aliphatic heterocycles. The molecular formula is C17H21NO2S. The third-order valence-electron chi connectivity index (χ3n) is 3.65. The van der Waals surface area contributed by atoms with E-state index >= 15 is 0 Å². The number of aromatic nitrogens is 1. The Labute approximate surface area is 130 Å². The molecule has 2 rings (SSSR count). The summed E-state index contributed by atoms with van der Waals surface area (Å²) in [5, 5.41) is 3.89. The van der Waals surface area contributed by atoms with Gasteiger partial charge in [0.05, 0.1) is 11.4 Å². The second-order valence-electron chi connectivity index (χ2n) is 5.47. The Morgan fingerprint density at radius 2 is 1.86 bits per heavy atom. The zero-order valence-electron chi connectivity index (χ0n) is 13.2. The average Bonchev–Trinajstić information content (AvgIpc) is 2.78. The summed E-state index contributed by atoms with van der Waals surface area (Å²) < 4.78 is 5.22. The van der Waals surface area contributed by atoms with Crippen molar-refractivity contribution in [3.8, 4) is 0 Å². The van der Waals surface area contributed by atoms with Crippen LogP contribution in [0.5, 0.6) is 0 Å². The van der Waals surface area contributed by atoms with Crippen LogP contribution in [0.4, 0.5) is 0 Å². The Bertz CT molecular complexity index is 674. The number of thioether (sulfide) groups is 1. The van der Waals surface area contributed by atoms with Crippen molar-refractivity contribution >= 4 is 17.5 Å². The Morgan fingerprint density at radius 3 is 2.43 bits per heavy atom. The molecule has 0 radical (unpaired) electrons. The first-order valence-electron chi connectivity index (χ1n) is 7.00. The van der Waals surface area contributed by atoms with Crippen molar-refractivity contribution in [1.82, 2.24) is 5.16 Å². The Balaban J connectivity index is 2.16. The lowest BCUT2D eigenvalue weighted by Gasteiger charge is -2.15. The Kier molecular flexibility index (Phi) is 4.88. The smallest absolute Gasteiger partial charge is 0.160 e. The third-order valence-corrected chi connectivity index (χ3v) is 4.63. The fourth-order valence-corrected chi connectivity index (χ4v) is 3.82. The molecule has 0 N–H and O–H groups in total. The van der Waals surface area contributed by atoms with Gasteiger partial charge in [-0.1, -0.05) is 11.2 Å². The van der Waals surface area contributed by atoms with Crippen molar-refractivity contribution < 1.29 is 9.32 Å². The number of nitrogens with zero attached hydrogens (tertiary/aromatic N) is 1. The van der Waals surface area contributed by atoms with Crippen LogP contribution in [0.3, 0.4) is 0 Å². The van der Waals surface area contributed by atoms with Crippen molar-refractivity contribution in [2.45, 2.75) is 46.1 Å². The van der Waals surface area contributed by atoms with E-state index in [2.05, 4.69) is 18.1 Å². The summed E-state index contributed by atoms with van der Waals surface area (Å²) >= 11 is 1.78. The molecule has 112 valence electrons. The molecule has 21 heavy (non-hydrogen) atoms. The van der Waals surface area contributed by atoms with Gasteiger partial charge in [0.1, 0.15) is 5.76 Å². The highest BCUT2D eigenvalue weighted by Gasteiger charge is 2.14. The van der Waals surface area contributed by atoms with Gasteiger partial charge in [-0.15, -0.1) is 11.8 Å². The summed E-state index contributed by atoms with van der Waals surface area (Å²) in [6.07, 6.45) is 0. The first kappa shape index (κ1) is 15.8. The number of carbonyl (C=O) groups excluding carboxylic acids is 1. The summed E-state index contributed by atoms with van der Waals surface area (Å²) in [7, 11) is 0. The molecule has 0 unspecified atom stereocenters. The number of carbonyl (C=O) groups is 1. The minimum atomic E-state index is 0.141. The highest BCUT2D eigenvalue weighted by molar-refractivity contribution is 7.97. The van der Waals surface area contributed by atoms with Crippen molar-refractivity contribution in [3.63, 3.8) is 0 Å². The molecule has 2 aromatic rings. The predicted octanol–water partition coefficient (Wildman–Crippen LogP) is 4.54. The monoisotopic (exact) mass is 303 g/mol. The zero-order valence-corrected chi connectivity index (χ0v) is 14.1. The molecule has 0 aliphatic carbocycles. The van der Waals surface area contributed by atoms with E-state index in [1.807, 2.05) is 26.8 Å². The number of hydrogen-bond donors (Lipinski definition) is 0. The van der Waals surface area contributed by atoms with Crippen LogP contribution in [0, 0.1) is 27.7 Å². The molecule has 1 aromatic heterocycles. The number of Topliss-reactive ketones (excluding diaryl/α,β-unsaturated/α-hetero) is 1. The Morgan fingerprint density at radius 1 is 1.14 bits per heavy atom. The Hall–Kier alpha value is -1.55. The van der Waals surface area contributed by atoms with E-state index in [1.54, 1.807) is 18.7 Å². The molecule has 0 saturated heterocycles. The molecule has 0 aliphatic rings. The van der Waals surface area contributed by atoms with Gasteiger partial charge in [0, 0.05) is 17.4 Å². The van der Waals surface area contributed by atoms with Crippen LogP contribution in [-0.2, 0) is 11.5 Å². The number of aryl methyl sites for hydroxylation is 3. The summed E-state index contributed by atoms with van der Waals surface area (Å²) in [4.78, 5) is 11.8. The lowest BCUT2D eigenvalue weighted by atomic mass is 9.92. The van der Waals surface area contributed by atoms with Crippen molar-refractivity contribution in [1.29, 1.82) is 0 Å².